The number of ether oxygens (including phenoxy) is 1. The number of carbonyl (C=O) groups excluding carboxylic acids is 2. The number of hydrogen-bond donors (Lipinski definition) is 1. The van der Waals surface area contributed by atoms with E-state index >= 15 is 0 Å². The van der Waals surface area contributed by atoms with Crippen molar-refractivity contribution >= 4 is 22.6 Å². The molecular formula is C19H24N2O3. The smallest absolute Gasteiger partial charge is 0.294 e. The van der Waals surface area contributed by atoms with Crippen LogP contribution in [0.25, 0.3) is 10.9 Å². The lowest BCUT2D eigenvalue weighted by atomic mass is 9.89. The maximum atomic E-state index is 12.6. The minimum absolute atomic E-state index is 0.424. The third-order valence-corrected chi connectivity index (χ3v) is 4.93. The molecular weight excluding hydrogens is 304 g/mol. The van der Waals surface area contributed by atoms with Crippen molar-refractivity contribution in [2.75, 3.05) is 20.7 Å². The largest absolute Gasteiger partial charge is 0.497 e. The third kappa shape index (κ3) is 3.30. The zero-order chi connectivity index (χ0) is 17.1. The van der Waals surface area contributed by atoms with Gasteiger partial charge in [0.15, 0.2) is 0 Å². The monoisotopic (exact) mass is 328 g/mol. The summed E-state index contributed by atoms with van der Waals surface area (Å²) in [6.07, 6.45) is 7.65. The summed E-state index contributed by atoms with van der Waals surface area (Å²) in [7, 11) is 3.33. The molecule has 1 fully saturated rings. The SMILES string of the molecule is COc1ccc2c(C(=O)C(=O)N(C)CC3CCCCC3)c[nH]c2c1. The van der Waals surface area contributed by atoms with Crippen LogP contribution in [0.15, 0.2) is 24.4 Å². The van der Waals surface area contributed by atoms with Crippen LogP contribution in [-0.2, 0) is 4.79 Å². The average molecular weight is 328 g/mol. The Kier molecular flexibility index (Phi) is 4.88. The third-order valence-electron chi connectivity index (χ3n) is 4.93. The highest BCUT2D eigenvalue weighted by molar-refractivity contribution is 6.44. The summed E-state index contributed by atoms with van der Waals surface area (Å²) in [5.41, 5.74) is 1.22. The molecule has 2 aromatic rings. The van der Waals surface area contributed by atoms with E-state index in [9.17, 15) is 9.59 Å². The van der Waals surface area contributed by atoms with Gasteiger partial charge in [0.05, 0.1) is 12.7 Å². The highest BCUT2D eigenvalue weighted by atomic mass is 16.5. The second kappa shape index (κ2) is 7.07. The van der Waals surface area contributed by atoms with E-state index in [0.717, 1.165) is 23.7 Å². The van der Waals surface area contributed by atoms with Gasteiger partial charge in [-0.2, -0.15) is 0 Å². The minimum Gasteiger partial charge on any atom is -0.497 e. The summed E-state index contributed by atoms with van der Waals surface area (Å²) in [5, 5.41) is 0.750. The molecule has 1 aliphatic carbocycles. The van der Waals surface area contributed by atoms with Crippen LogP contribution in [0, 0.1) is 5.92 Å². The lowest BCUT2D eigenvalue weighted by Gasteiger charge is -2.26. The van der Waals surface area contributed by atoms with Gasteiger partial charge in [-0.15, -0.1) is 0 Å². The van der Waals surface area contributed by atoms with Gasteiger partial charge in [-0.3, -0.25) is 9.59 Å². The summed E-state index contributed by atoms with van der Waals surface area (Å²) < 4.78 is 5.18. The summed E-state index contributed by atoms with van der Waals surface area (Å²) in [6, 6.07) is 5.43. The first kappa shape index (κ1) is 16.6. The number of aromatic amines is 1. The molecule has 5 nitrogen and oxygen atoms in total. The molecule has 128 valence electrons. The fourth-order valence-electron chi connectivity index (χ4n) is 3.55. The quantitative estimate of drug-likeness (QED) is 0.676. The molecule has 1 aromatic heterocycles. The Morgan fingerprint density at radius 2 is 2.00 bits per heavy atom. The number of methoxy groups -OCH3 is 1. The number of benzene rings is 1. The van der Waals surface area contributed by atoms with E-state index in [2.05, 4.69) is 4.98 Å². The van der Waals surface area contributed by atoms with E-state index in [1.165, 1.54) is 19.3 Å². The van der Waals surface area contributed by atoms with Crippen LogP contribution in [-0.4, -0.2) is 42.3 Å². The molecule has 0 saturated heterocycles. The number of Topliss-reactive ketones (excluding diaryl/α,β-unsaturated/α-hetero) is 1. The maximum absolute atomic E-state index is 12.6. The number of nitrogens with zero attached hydrogens (tertiary/aromatic N) is 1. The van der Waals surface area contributed by atoms with Crippen LogP contribution in [0.5, 0.6) is 5.75 Å². The predicted molar refractivity (Wildman–Crippen MR) is 93.4 cm³/mol. The standard InChI is InChI=1S/C19H24N2O3/c1-21(12-13-6-4-3-5-7-13)19(23)18(22)16-11-20-17-10-14(24-2)8-9-15(16)17/h8-11,13,20H,3-7,12H2,1-2H3. The molecule has 1 heterocycles. The molecule has 0 atom stereocenters. The number of amides is 1. The van der Waals surface area contributed by atoms with E-state index in [1.807, 2.05) is 12.1 Å². The number of H-pyrrole nitrogens is 1. The summed E-state index contributed by atoms with van der Waals surface area (Å²) in [4.78, 5) is 29.8. The summed E-state index contributed by atoms with van der Waals surface area (Å²) in [6.45, 7) is 0.667. The number of ketones is 1. The number of carbonyl (C=O) groups is 2. The Balaban J connectivity index is 1.74. The highest BCUT2D eigenvalue weighted by Gasteiger charge is 2.25. The number of hydrogen-bond acceptors (Lipinski definition) is 3. The van der Waals surface area contributed by atoms with Gasteiger partial charge in [-0.25, -0.2) is 0 Å². The Morgan fingerprint density at radius 3 is 2.71 bits per heavy atom. The fourth-order valence-corrected chi connectivity index (χ4v) is 3.55. The Bertz CT molecular complexity index is 744. The topological polar surface area (TPSA) is 62.4 Å². The molecule has 1 N–H and O–H groups in total. The van der Waals surface area contributed by atoms with E-state index < -0.39 is 11.7 Å². The van der Waals surface area contributed by atoms with Gasteiger partial charge < -0.3 is 14.6 Å². The van der Waals surface area contributed by atoms with Crippen molar-refractivity contribution in [3.8, 4) is 5.75 Å². The fraction of sp³-hybridized carbons (Fsp3) is 0.474. The summed E-state index contributed by atoms with van der Waals surface area (Å²) >= 11 is 0. The van der Waals surface area contributed by atoms with E-state index in [1.54, 1.807) is 31.3 Å². The second-order valence-electron chi connectivity index (χ2n) is 6.63. The number of rotatable bonds is 5. The molecule has 1 aliphatic rings. The molecule has 1 saturated carbocycles. The molecule has 0 radical (unpaired) electrons. The molecule has 1 aromatic carbocycles. The zero-order valence-corrected chi connectivity index (χ0v) is 14.3. The molecule has 1 amide bonds. The molecule has 0 spiro atoms. The Morgan fingerprint density at radius 1 is 1.25 bits per heavy atom. The normalized spacial score (nSPS) is 15.4. The van der Waals surface area contributed by atoms with Crippen LogP contribution in [0.3, 0.4) is 0 Å². The first-order valence-corrected chi connectivity index (χ1v) is 8.55. The van der Waals surface area contributed by atoms with Gasteiger partial charge in [-0.1, -0.05) is 19.3 Å². The second-order valence-corrected chi connectivity index (χ2v) is 6.63. The first-order valence-electron chi connectivity index (χ1n) is 8.55. The number of likely N-dealkylation sites (N-methyl/N-ethyl adjacent to an activating group) is 1. The van der Waals surface area contributed by atoms with Gasteiger partial charge in [0, 0.05) is 36.8 Å². The molecule has 3 rings (SSSR count). The van der Waals surface area contributed by atoms with E-state index in [4.69, 9.17) is 4.74 Å². The van der Waals surface area contributed by atoms with Crippen molar-refractivity contribution < 1.29 is 14.3 Å². The predicted octanol–water partition coefficient (Wildman–Crippen LogP) is 3.40. The minimum atomic E-state index is -0.454. The maximum Gasteiger partial charge on any atom is 0.294 e. The first-order chi connectivity index (χ1) is 11.6. The van der Waals surface area contributed by atoms with Crippen LogP contribution in [0.4, 0.5) is 0 Å². The molecule has 0 bridgehead atoms. The molecule has 0 unspecified atom stereocenters. The van der Waals surface area contributed by atoms with Gasteiger partial charge in [0.25, 0.3) is 11.7 Å². The number of fused-ring (bicyclic) bond motifs is 1. The Hall–Kier alpha value is -2.30. The van der Waals surface area contributed by atoms with Gasteiger partial charge >= 0.3 is 0 Å². The van der Waals surface area contributed by atoms with Crippen molar-refractivity contribution in [1.29, 1.82) is 0 Å². The number of aromatic nitrogens is 1. The lowest BCUT2D eigenvalue weighted by molar-refractivity contribution is -0.125. The van der Waals surface area contributed by atoms with Gasteiger partial charge in [0.1, 0.15) is 5.75 Å². The van der Waals surface area contributed by atoms with Crippen LogP contribution < -0.4 is 4.74 Å². The molecule has 0 aliphatic heterocycles. The molecule has 24 heavy (non-hydrogen) atoms. The zero-order valence-electron chi connectivity index (χ0n) is 14.3. The number of nitrogens with one attached hydrogen (secondary N) is 1. The van der Waals surface area contributed by atoms with Crippen molar-refractivity contribution in [3.05, 3.63) is 30.0 Å². The van der Waals surface area contributed by atoms with Crippen molar-refractivity contribution in [1.82, 2.24) is 9.88 Å². The van der Waals surface area contributed by atoms with Gasteiger partial charge in [0.2, 0.25) is 0 Å². The lowest BCUT2D eigenvalue weighted by Crippen LogP contribution is -2.37. The van der Waals surface area contributed by atoms with Gasteiger partial charge in [-0.05, 0) is 30.9 Å². The highest BCUT2D eigenvalue weighted by Crippen LogP contribution is 2.26. The summed E-state index contributed by atoms with van der Waals surface area (Å²) in [5.74, 6) is 0.346. The average Bonchev–Trinajstić information content (AvgIpc) is 3.04. The van der Waals surface area contributed by atoms with Crippen molar-refractivity contribution in [2.24, 2.45) is 5.92 Å². The van der Waals surface area contributed by atoms with E-state index in [0.29, 0.717) is 23.8 Å². The van der Waals surface area contributed by atoms with Crippen LogP contribution in [0.1, 0.15) is 42.5 Å². The van der Waals surface area contributed by atoms with Crippen molar-refractivity contribution in [2.45, 2.75) is 32.1 Å². The van der Waals surface area contributed by atoms with Crippen molar-refractivity contribution in [3.63, 3.8) is 0 Å². The van der Waals surface area contributed by atoms with E-state index in [-0.39, 0.29) is 0 Å². The van der Waals surface area contributed by atoms with Crippen LogP contribution in [0.2, 0.25) is 0 Å². The molecule has 5 heteroatoms. The Labute approximate surface area is 142 Å². The van der Waals surface area contributed by atoms with Crippen LogP contribution >= 0.6 is 0 Å².